The lowest BCUT2D eigenvalue weighted by atomic mass is 10.0. The van der Waals surface area contributed by atoms with Crippen molar-refractivity contribution in [1.82, 2.24) is 10.6 Å². The normalized spacial score (nSPS) is 9.88. The first-order chi connectivity index (χ1) is 11.3. The lowest BCUT2D eigenvalue weighted by Gasteiger charge is -2.12. The topological polar surface area (TPSA) is 50.4 Å². The molecule has 0 bridgehead atoms. The summed E-state index contributed by atoms with van der Waals surface area (Å²) in [6, 6.07) is 18.1. The molecule has 0 fully saturated rings. The van der Waals surface area contributed by atoms with Gasteiger partial charge in [0.25, 0.3) is 5.91 Å². The maximum Gasteiger partial charge on any atom is 0.257 e. The molecule has 0 saturated heterocycles. The highest BCUT2D eigenvalue weighted by molar-refractivity contribution is 5.85. The standard InChI is InChI=1S/C19H24N2O2.ClH/c1-20-12-7-13-21-19(22)15-23-18-11-6-5-10-17(18)14-16-8-3-2-4-9-16;/h2-6,8-11,20H,7,12-15H2,1H3,(H,21,22);1H. The van der Waals surface area contributed by atoms with Crippen LogP contribution >= 0.6 is 12.4 Å². The van der Waals surface area contributed by atoms with Gasteiger partial charge in [-0.2, -0.15) is 0 Å². The summed E-state index contributed by atoms with van der Waals surface area (Å²) < 4.78 is 5.70. The molecule has 0 saturated carbocycles. The second-order valence-corrected chi connectivity index (χ2v) is 5.37. The van der Waals surface area contributed by atoms with E-state index in [2.05, 4.69) is 22.8 Å². The lowest BCUT2D eigenvalue weighted by Crippen LogP contribution is -2.31. The number of hydrogen-bond donors (Lipinski definition) is 2. The summed E-state index contributed by atoms with van der Waals surface area (Å²) in [4.78, 5) is 11.8. The minimum atomic E-state index is -0.0874. The van der Waals surface area contributed by atoms with Crippen LogP contribution < -0.4 is 15.4 Å². The fraction of sp³-hybridized carbons (Fsp3) is 0.316. The van der Waals surface area contributed by atoms with Gasteiger partial charge in [-0.25, -0.2) is 0 Å². The molecule has 0 heterocycles. The summed E-state index contributed by atoms with van der Waals surface area (Å²) in [6.45, 7) is 1.60. The number of carbonyl (C=O) groups is 1. The molecule has 2 aromatic carbocycles. The van der Waals surface area contributed by atoms with Gasteiger partial charge in [0.05, 0.1) is 0 Å². The molecule has 0 aromatic heterocycles. The first-order valence-electron chi connectivity index (χ1n) is 7.95. The van der Waals surface area contributed by atoms with E-state index in [1.165, 1.54) is 5.56 Å². The van der Waals surface area contributed by atoms with Crippen molar-refractivity contribution in [1.29, 1.82) is 0 Å². The molecule has 0 spiro atoms. The highest BCUT2D eigenvalue weighted by Gasteiger charge is 2.07. The van der Waals surface area contributed by atoms with Crippen LogP contribution in [0.5, 0.6) is 5.75 Å². The number of amides is 1. The molecule has 2 N–H and O–H groups in total. The van der Waals surface area contributed by atoms with E-state index in [4.69, 9.17) is 4.74 Å². The predicted octanol–water partition coefficient (Wildman–Crippen LogP) is 2.80. The van der Waals surface area contributed by atoms with Gasteiger partial charge in [0, 0.05) is 13.0 Å². The summed E-state index contributed by atoms with van der Waals surface area (Å²) in [7, 11) is 1.90. The maximum atomic E-state index is 11.8. The molecule has 0 atom stereocenters. The van der Waals surface area contributed by atoms with Gasteiger partial charge in [0.1, 0.15) is 5.75 Å². The Bertz CT molecular complexity index is 605. The molecule has 0 aliphatic heterocycles. The van der Waals surface area contributed by atoms with E-state index in [1.54, 1.807) is 0 Å². The minimum Gasteiger partial charge on any atom is -0.483 e. The Morgan fingerprint density at radius 2 is 1.71 bits per heavy atom. The number of hydrogen-bond acceptors (Lipinski definition) is 3. The zero-order valence-corrected chi connectivity index (χ0v) is 14.8. The second kappa shape index (κ2) is 11.5. The molecule has 4 nitrogen and oxygen atoms in total. The Balaban J connectivity index is 0.00000288. The Morgan fingerprint density at radius 3 is 2.46 bits per heavy atom. The Morgan fingerprint density at radius 1 is 1.00 bits per heavy atom. The summed E-state index contributed by atoms with van der Waals surface area (Å²) in [5.41, 5.74) is 2.31. The van der Waals surface area contributed by atoms with Gasteiger partial charge >= 0.3 is 0 Å². The smallest absolute Gasteiger partial charge is 0.257 e. The van der Waals surface area contributed by atoms with E-state index in [0.717, 1.165) is 30.7 Å². The van der Waals surface area contributed by atoms with E-state index >= 15 is 0 Å². The summed E-state index contributed by atoms with van der Waals surface area (Å²) in [5, 5.41) is 5.90. The SMILES string of the molecule is CNCCCNC(=O)COc1ccccc1Cc1ccccc1.Cl. The van der Waals surface area contributed by atoms with Crippen LogP contribution in [0.25, 0.3) is 0 Å². The average Bonchev–Trinajstić information content (AvgIpc) is 2.59. The number of para-hydroxylation sites is 1. The molecule has 130 valence electrons. The predicted molar refractivity (Wildman–Crippen MR) is 100.0 cm³/mol. The van der Waals surface area contributed by atoms with Gasteiger partial charge in [-0.3, -0.25) is 4.79 Å². The maximum absolute atomic E-state index is 11.8. The quantitative estimate of drug-likeness (QED) is 0.685. The molecule has 1 amide bonds. The Labute approximate surface area is 150 Å². The third-order valence-electron chi connectivity index (χ3n) is 3.49. The molecule has 5 heteroatoms. The number of carbonyl (C=O) groups excluding carboxylic acids is 1. The first-order valence-corrected chi connectivity index (χ1v) is 7.95. The van der Waals surface area contributed by atoms with Crippen LogP contribution in [0.4, 0.5) is 0 Å². The second-order valence-electron chi connectivity index (χ2n) is 5.37. The summed E-state index contributed by atoms with van der Waals surface area (Å²) >= 11 is 0. The van der Waals surface area contributed by atoms with Crippen molar-refractivity contribution in [3.63, 3.8) is 0 Å². The molecular weight excluding hydrogens is 324 g/mol. The van der Waals surface area contributed by atoms with Crippen molar-refractivity contribution in [3.05, 3.63) is 65.7 Å². The molecule has 0 unspecified atom stereocenters. The van der Waals surface area contributed by atoms with Gasteiger partial charge in [-0.15, -0.1) is 12.4 Å². The number of rotatable bonds is 9. The molecular formula is C19H25ClN2O2. The lowest BCUT2D eigenvalue weighted by molar-refractivity contribution is -0.123. The average molecular weight is 349 g/mol. The minimum absolute atomic E-state index is 0. The summed E-state index contributed by atoms with van der Waals surface area (Å²) in [6.07, 6.45) is 1.70. The summed E-state index contributed by atoms with van der Waals surface area (Å²) in [5.74, 6) is 0.678. The van der Waals surface area contributed by atoms with Crippen LogP contribution in [-0.2, 0) is 11.2 Å². The van der Waals surface area contributed by atoms with Gasteiger partial charge in [0.2, 0.25) is 0 Å². The molecule has 2 rings (SSSR count). The molecule has 0 aliphatic rings. The van der Waals surface area contributed by atoms with Crippen LogP contribution in [0.1, 0.15) is 17.5 Å². The molecule has 24 heavy (non-hydrogen) atoms. The van der Waals surface area contributed by atoms with Gasteiger partial charge in [-0.05, 0) is 37.2 Å². The number of halogens is 1. The van der Waals surface area contributed by atoms with Crippen molar-refractivity contribution < 1.29 is 9.53 Å². The van der Waals surface area contributed by atoms with Crippen molar-refractivity contribution >= 4 is 18.3 Å². The van der Waals surface area contributed by atoms with Gasteiger partial charge < -0.3 is 15.4 Å². The van der Waals surface area contributed by atoms with Crippen LogP contribution in [-0.4, -0.2) is 32.7 Å². The third kappa shape index (κ3) is 7.02. The van der Waals surface area contributed by atoms with Gasteiger partial charge in [0.15, 0.2) is 6.61 Å². The van der Waals surface area contributed by atoms with Crippen molar-refractivity contribution in [2.75, 3.05) is 26.7 Å². The highest BCUT2D eigenvalue weighted by atomic mass is 35.5. The number of ether oxygens (including phenoxy) is 1. The van der Waals surface area contributed by atoms with E-state index < -0.39 is 0 Å². The zero-order valence-electron chi connectivity index (χ0n) is 14.0. The molecule has 0 radical (unpaired) electrons. The van der Waals surface area contributed by atoms with Crippen LogP contribution in [0.3, 0.4) is 0 Å². The molecule has 0 aliphatic carbocycles. The fourth-order valence-corrected chi connectivity index (χ4v) is 2.29. The van der Waals surface area contributed by atoms with Crippen molar-refractivity contribution in [2.45, 2.75) is 12.8 Å². The van der Waals surface area contributed by atoms with E-state index in [0.29, 0.717) is 6.54 Å². The van der Waals surface area contributed by atoms with E-state index in [1.807, 2.05) is 49.5 Å². The third-order valence-corrected chi connectivity index (χ3v) is 3.49. The van der Waals surface area contributed by atoms with Gasteiger partial charge in [-0.1, -0.05) is 48.5 Å². The van der Waals surface area contributed by atoms with Crippen molar-refractivity contribution in [2.24, 2.45) is 0 Å². The van der Waals surface area contributed by atoms with Crippen molar-refractivity contribution in [3.8, 4) is 5.75 Å². The van der Waals surface area contributed by atoms with E-state index in [-0.39, 0.29) is 24.9 Å². The largest absolute Gasteiger partial charge is 0.483 e. The first kappa shape index (κ1) is 20.0. The number of benzene rings is 2. The number of nitrogens with one attached hydrogen (secondary N) is 2. The Kier molecular flexibility index (Phi) is 9.58. The Hall–Kier alpha value is -2.04. The van der Waals surface area contributed by atoms with Crippen LogP contribution in [0, 0.1) is 0 Å². The van der Waals surface area contributed by atoms with Crippen LogP contribution in [0.15, 0.2) is 54.6 Å². The van der Waals surface area contributed by atoms with E-state index in [9.17, 15) is 4.79 Å². The monoisotopic (exact) mass is 348 g/mol. The fourth-order valence-electron chi connectivity index (χ4n) is 2.29. The molecule has 2 aromatic rings. The zero-order chi connectivity index (χ0) is 16.3. The highest BCUT2D eigenvalue weighted by Crippen LogP contribution is 2.21. The van der Waals surface area contributed by atoms with Crippen LogP contribution in [0.2, 0.25) is 0 Å².